The largest absolute Gasteiger partial charge is 0.493 e. The van der Waals surface area contributed by atoms with Crippen LogP contribution in [0.3, 0.4) is 0 Å². The van der Waals surface area contributed by atoms with Crippen molar-refractivity contribution in [3.05, 3.63) is 29.8 Å². The van der Waals surface area contributed by atoms with Gasteiger partial charge in [-0.15, -0.1) is 0 Å². The van der Waals surface area contributed by atoms with Crippen molar-refractivity contribution in [3.8, 4) is 5.75 Å². The summed E-state index contributed by atoms with van der Waals surface area (Å²) in [7, 11) is 0. The lowest BCUT2D eigenvalue weighted by Crippen LogP contribution is -2.40. The summed E-state index contributed by atoms with van der Waals surface area (Å²) in [6, 6.07) is 8.11. The Bertz CT molecular complexity index is 448. The Balaban J connectivity index is 1.78. The van der Waals surface area contributed by atoms with E-state index in [0.29, 0.717) is 13.0 Å². The number of likely N-dealkylation sites (tertiary alicyclic amines) is 1. The topological polar surface area (TPSA) is 55.6 Å². The molecule has 1 fully saturated rings. The molecule has 104 valence electrons. The Labute approximate surface area is 114 Å². The maximum absolute atomic E-state index is 12.0. The summed E-state index contributed by atoms with van der Waals surface area (Å²) < 4.78 is 5.60. The zero-order chi connectivity index (χ0) is 13.8. The van der Waals surface area contributed by atoms with Crippen LogP contribution in [0, 0.1) is 6.92 Å². The van der Waals surface area contributed by atoms with Crippen LogP contribution in [-0.2, 0) is 4.79 Å². The van der Waals surface area contributed by atoms with Gasteiger partial charge in [0.2, 0.25) is 5.91 Å². The first-order chi connectivity index (χ1) is 9.08. The van der Waals surface area contributed by atoms with E-state index >= 15 is 0 Å². The third-order valence-electron chi connectivity index (χ3n) is 3.71. The second kappa shape index (κ2) is 6.06. The van der Waals surface area contributed by atoms with Gasteiger partial charge in [0.25, 0.3) is 0 Å². The van der Waals surface area contributed by atoms with E-state index in [-0.39, 0.29) is 18.0 Å². The van der Waals surface area contributed by atoms with Crippen molar-refractivity contribution in [2.24, 2.45) is 5.73 Å². The van der Waals surface area contributed by atoms with E-state index in [0.717, 1.165) is 24.3 Å². The summed E-state index contributed by atoms with van der Waals surface area (Å²) in [6.07, 6.45) is 1.30. The molecule has 2 unspecified atom stereocenters. The molecule has 4 nitrogen and oxygen atoms in total. The highest BCUT2D eigenvalue weighted by Crippen LogP contribution is 2.17. The number of nitrogens with zero attached hydrogens (tertiary/aromatic N) is 1. The zero-order valence-electron chi connectivity index (χ0n) is 11.6. The minimum Gasteiger partial charge on any atom is -0.493 e. The van der Waals surface area contributed by atoms with Crippen molar-refractivity contribution >= 4 is 5.91 Å². The molecule has 4 heteroatoms. The van der Waals surface area contributed by atoms with Crippen LogP contribution in [0.15, 0.2) is 24.3 Å². The van der Waals surface area contributed by atoms with Gasteiger partial charge in [0, 0.05) is 18.6 Å². The molecular weight excluding hydrogens is 240 g/mol. The number of amides is 1. The lowest BCUT2D eigenvalue weighted by Gasteiger charge is -2.23. The fourth-order valence-electron chi connectivity index (χ4n) is 2.42. The second-order valence-electron chi connectivity index (χ2n) is 5.20. The summed E-state index contributed by atoms with van der Waals surface area (Å²) in [5.74, 6) is 0.951. The van der Waals surface area contributed by atoms with Gasteiger partial charge in [-0.1, -0.05) is 12.1 Å². The monoisotopic (exact) mass is 262 g/mol. The maximum atomic E-state index is 12.0. The summed E-state index contributed by atoms with van der Waals surface area (Å²) >= 11 is 0. The van der Waals surface area contributed by atoms with Gasteiger partial charge < -0.3 is 15.4 Å². The molecule has 19 heavy (non-hydrogen) atoms. The number of carbonyl (C=O) groups excluding carboxylic acids is 1. The molecule has 1 aromatic carbocycles. The highest BCUT2D eigenvalue weighted by Gasteiger charge is 2.30. The first-order valence-electron chi connectivity index (χ1n) is 6.82. The molecule has 0 saturated carbocycles. The Morgan fingerprint density at radius 3 is 2.95 bits per heavy atom. The Morgan fingerprint density at radius 1 is 1.53 bits per heavy atom. The average Bonchev–Trinajstić information content (AvgIpc) is 2.70. The molecular formula is C15H22N2O2. The first-order valence-corrected chi connectivity index (χ1v) is 6.82. The molecule has 2 atom stereocenters. The van der Waals surface area contributed by atoms with Crippen molar-refractivity contribution < 1.29 is 9.53 Å². The number of rotatable bonds is 4. The average molecular weight is 262 g/mol. The van der Waals surface area contributed by atoms with Gasteiger partial charge in [-0.25, -0.2) is 0 Å². The molecule has 0 radical (unpaired) electrons. The minimum absolute atomic E-state index is 0.113. The number of carbonyl (C=O) groups is 1. The highest BCUT2D eigenvalue weighted by molar-refractivity contribution is 5.77. The standard InChI is InChI=1S/C15H22N2O2/c1-11-4-3-5-13(10-11)19-9-7-15(18)17-8-6-14(16)12(17)2/h3-5,10,12,14H,6-9,16H2,1-2H3. The maximum Gasteiger partial charge on any atom is 0.226 e. The molecule has 0 aromatic heterocycles. The van der Waals surface area contributed by atoms with E-state index in [1.165, 1.54) is 0 Å². The fraction of sp³-hybridized carbons (Fsp3) is 0.533. The Hall–Kier alpha value is -1.55. The van der Waals surface area contributed by atoms with E-state index in [1.807, 2.05) is 43.0 Å². The van der Waals surface area contributed by atoms with Crippen LogP contribution < -0.4 is 10.5 Å². The Kier molecular flexibility index (Phi) is 4.43. The molecule has 0 aliphatic carbocycles. The predicted molar refractivity (Wildman–Crippen MR) is 75.1 cm³/mol. The highest BCUT2D eigenvalue weighted by atomic mass is 16.5. The molecule has 1 heterocycles. The third-order valence-corrected chi connectivity index (χ3v) is 3.71. The molecule has 1 aliphatic rings. The normalized spacial score (nSPS) is 22.6. The number of hydrogen-bond acceptors (Lipinski definition) is 3. The summed E-state index contributed by atoms with van der Waals surface area (Å²) in [5, 5.41) is 0. The lowest BCUT2D eigenvalue weighted by molar-refractivity contribution is -0.132. The quantitative estimate of drug-likeness (QED) is 0.898. The van der Waals surface area contributed by atoms with Gasteiger partial charge in [-0.2, -0.15) is 0 Å². The molecule has 1 aromatic rings. The van der Waals surface area contributed by atoms with Gasteiger partial charge in [-0.3, -0.25) is 4.79 Å². The SMILES string of the molecule is Cc1cccc(OCCC(=O)N2CCC(N)C2C)c1. The van der Waals surface area contributed by atoms with Crippen molar-refractivity contribution in [1.29, 1.82) is 0 Å². The summed E-state index contributed by atoms with van der Waals surface area (Å²) in [5.41, 5.74) is 7.07. The van der Waals surface area contributed by atoms with Crippen molar-refractivity contribution in [1.82, 2.24) is 4.90 Å². The molecule has 2 N–H and O–H groups in total. The first kappa shape index (κ1) is 13.9. The molecule has 0 spiro atoms. The van der Waals surface area contributed by atoms with Crippen LogP contribution in [0.1, 0.15) is 25.3 Å². The van der Waals surface area contributed by atoms with E-state index in [1.54, 1.807) is 0 Å². The number of aryl methyl sites for hydroxylation is 1. The van der Waals surface area contributed by atoms with Gasteiger partial charge in [0.1, 0.15) is 5.75 Å². The van der Waals surface area contributed by atoms with Crippen molar-refractivity contribution in [2.75, 3.05) is 13.2 Å². The zero-order valence-corrected chi connectivity index (χ0v) is 11.6. The van der Waals surface area contributed by atoms with Crippen LogP contribution in [0.25, 0.3) is 0 Å². The van der Waals surface area contributed by atoms with Crippen LogP contribution in [0.4, 0.5) is 0 Å². The van der Waals surface area contributed by atoms with Gasteiger partial charge >= 0.3 is 0 Å². The molecule has 1 aliphatic heterocycles. The lowest BCUT2D eigenvalue weighted by atomic mass is 10.2. The van der Waals surface area contributed by atoms with E-state index in [2.05, 4.69) is 0 Å². The number of hydrogen-bond donors (Lipinski definition) is 1. The van der Waals surface area contributed by atoms with E-state index in [4.69, 9.17) is 10.5 Å². The van der Waals surface area contributed by atoms with Crippen LogP contribution >= 0.6 is 0 Å². The van der Waals surface area contributed by atoms with Gasteiger partial charge in [0.05, 0.1) is 13.0 Å². The van der Waals surface area contributed by atoms with Crippen molar-refractivity contribution in [3.63, 3.8) is 0 Å². The minimum atomic E-state index is 0.113. The van der Waals surface area contributed by atoms with Crippen LogP contribution in [0.2, 0.25) is 0 Å². The number of nitrogens with two attached hydrogens (primary N) is 1. The predicted octanol–water partition coefficient (Wildman–Crippen LogP) is 1.71. The molecule has 1 saturated heterocycles. The smallest absolute Gasteiger partial charge is 0.226 e. The number of benzene rings is 1. The second-order valence-corrected chi connectivity index (χ2v) is 5.20. The summed E-state index contributed by atoms with van der Waals surface area (Å²) in [4.78, 5) is 13.9. The van der Waals surface area contributed by atoms with E-state index < -0.39 is 0 Å². The van der Waals surface area contributed by atoms with Crippen molar-refractivity contribution in [2.45, 2.75) is 38.8 Å². The van der Waals surface area contributed by atoms with Gasteiger partial charge in [0.15, 0.2) is 0 Å². The van der Waals surface area contributed by atoms with E-state index in [9.17, 15) is 4.79 Å². The molecule has 0 bridgehead atoms. The molecule has 2 rings (SSSR count). The summed E-state index contributed by atoms with van der Waals surface area (Å²) in [6.45, 7) is 5.22. The Morgan fingerprint density at radius 2 is 2.32 bits per heavy atom. The fourth-order valence-corrected chi connectivity index (χ4v) is 2.42. The van der Waals surface area contributed by atoms with Crippen LogP contribution in [-0.4, -0.2) is 36.0 Å². The third kappa shape index (κ3) is 3.47. The van der Waals surface area contributed by atoms with Gasteiger partial charge in [-0.05, 0) is 38.0 Å². The van der Waals surface area contributed by atoms with Crippen LogP contribution in [0.5, 0.6) is 5.75 Å². The number of ether oxygens (including phenoxy) is 1. The molecule has 1 amide bonds.